The van der Waals surface area contributed by atoms with Crippen LogP contribution in [0.2, 0.25) is 0 Å². The molecule has 0 aliphatic heterocycles. The van der Waals surface area contributed by atoms with E-state index < -0.39 is 11.8 Å². The van der Waals surface area contributed by atoms with E-state index in [2.05, 4.69) is 10.9 Å². The van der Waals surface area contributed by atoms with Gasteiger partial charge in [-0.25, -0.2) is 0 Å². The molecule has 2 amide bonds. The van der Waals surface area contributed by atoms with Gasteiger partial charge in [-0.15, -0.1) is 0 Å². The summed E-state index contributed by atoms with van der Waals surface area (Å²) in [5.74, 6) is 0.262. The molecule has 2 heterocycles. The van der Waals surface area contributed by atoms with Crippen molar-refractivity contribution in [2.75, 3.05) is 0 Å². The molecule has 0 aromatic carbocycles. The van der Waals surface area contributed by atoms with Crippen LogP contribution in [0.15, 0.2) is 33.5 Å². The summed E-state index contributed by atoms with van der Waals surface area (Å²) in [7, 11) is 0. The smallest absolute Gasteiger partial charge is 0.273 e. The van der Waals surface area contributed by atoms with Gasteiger partial charge in [0.1, 0.15) is 17.8 Å². The van der Waals surface area contributed by atoms with Crippen molar-refractivity contribution >= 4 is 11.8 Å². The van der Waals surface area contributed by atoms with Crippen molar-refractivity contribution in [1.29, 1.82) is 0 Å². The molecular formula is C12H12N2O4. The van der Waals surface area contributed by atoms with Gasteiger partial charge in [-0.2, -0.15) is 0 Å². The van der Waals surface area contributed by atoms with Crippen molar-refractivity contribution in [3.63, 3.8) is 0 Å². The summed E-state index contributed by atoms with van der Waals surface area (Å²) in [6.07, 6.45) is 2.66. The number of carbonyl (C=O) groups excluding carboxylic acids is 2. The Labute approximate surface area is 103 Å². The molecular weight excluding hydrogens is 236 g/mol. The molecule has 0 atom stereocenters. The fourth-order valence-electron chi connectivity index (χ4n) is 1.50. The van der Waals surface area contributed by atoms with Gasteiger partial charge >= 0.3 is 0 Å². The van der Waals surface area contributed by atoms with Crippen LogP contribution in [0.4, 0.5) is 0 Å². The molecule has 0 aliphatic carbocycles. The molecule has 0 aliphatic rings. The molecule has 2 rings (SSSR count). The van der Waals surface area contributed by atoms with Crippen LogP contribution >= 0.6 is 0 Å². The summed E-state index contributed by atoms with van der Waals surface area (Å²) in [6.45, 7) is 3.42. The van der Waals surface area contributed by atoms with E-state index >= 15 is 0 Å². The quantitative estimate of drug-likeness (QED) is 0.790. The third kappa shape index (κ3) is 2.42. The monoisotopic (exact) mass is 248 g/mol. The van der Waals surface area contributed by atoms with E-state index in [4.69, 9.17) is 8.83 Å². The number of furan rings is 2. The Hall–Kier alpha value is -2.50. The lowest BCUT2D eigenvalue weighted by molar-refractivity contribution is 0.0845. The van der Waals surface area contributed by atoms with Crippen LogP contribution in [0.1, 0.15) is 32.2 Å². The Morgan fingerprint density at radius 1 is 1.17 bits per heavy atom. The Morgan fingerprint density at radius 2 is 1.89 bits per heavy atom. The van der Waals surface area contributed by atoms with Crippen LogP contribution in [0.3, 0.4) is 0 Å². The van der Waals surface area contributed by atoms with Crippen LogP contribution in [0, 0.1) is 13.8 Å². The lowest BCUT2D eigenvalue weighted by atomic mass is 10.2. The third-order valence-electron chi connectivity index (χ3n) is 2.36. The van der Waals surface area contributed by atoms with Crippen molar-refractivity contribution in [2.45, 2.75) is 13.8 Å². The lowest BCUT2D eigenvalue weighted by Gasteiger charge is -2.04. The number of carbonyl (C=O) groups is 2. The maximum absolute atomic E-state index is 11.7. The van der Waals surface area contributed by atoms with Crippen LogP contribution in [0.25, 0.3) is 0 Å². The second-order valence-corrected chi connectivity index (χ2v) is 3.75. The molecule has 0 spiro atoms. The molecule has 0 radical (unpaired) electrons. The van der Waals surface area contributed by atoms with Gasteiger partial charge in [-0.3, -0.25) is 20.4 Å². The van der Waals surface area contributed by atoms with Gasteiger partial charge in [-0.05, 0) is 26.0 Å². The highest BCUT2D eigenvalue weighted by Gasteiger charge is 2.14. The average molecular weight is 248 g/mol. The molecule has 0 unspecified atom stereocenters. The second kappa shape index (κ2) is 4.79. The summed E-state index contributed by atoms with van der Waals surface area (Å²) in [5.41, 5.74) is 5.30. The van der Waals surface area contributed by atoms with Crippen molar-refractivity contribution < 1.29 is 18.4 Å². The summed E-state index contributed by atoms with van der Waals surface area (Å²) < 4.78 is 9.99. The first-order valence-electron chi connectivity index (χ1n) is 5.28. The van der Waals surface area contributed by atoms with E-state index in [1.165, 1.54) is 18.6 Å². The fourth-order valence-corrected chi connectivity index (χ4v) is 1.50. The highest BCUT2D eigenvalue weighted by atomic mass is 16.3. The van der Waals surface area contributed by atoms with Crippen LogP contribution in [-0.4, -0.2) is 11.8 Å². The molecule has 94 valence electrons. The minimum Gasteiger partial charge on any atom is -0.472 e. The van der Waals surface area contributed by atoms with Gasteiger partial charge in [-0.1, -0.05) is 0 Å². The normalized spacial score (nSPS) is 10.1. The predicted octanol–water partition coefficient (Wildman–Crippen LogP) is 1.56. The molecule has 0 bridgehead atoms. The fraction of sp³-hybridized carbons (Fsp3) is 0.167. The first-order valence-corrected chi connectivity index (χ1v) is 5.28. The number of hydrogen-bond donors (Lipinski definition) is 2. The summed E-state index contributed by atoms with van der Waals surface area (Å²) >= 11 is 0. The van der Waals surface area contributed by atoms with Gasteiger partial charge in [0.25, 0.3) is 11.8 Å². The Morgan fingerprint density at radius 3 is 2.44 bits per heavy atom. The van der Waals surface area contributed by atoms with Gasteiger partial charge in [0.05, 0.1) is 17.4 Å². The molecule has 0 fully saturated rings. The Balaban J connectivity index is 1.97. The molecule has 0 saturated carbocycles. The first-order chi connectivity index (χ1) is 8.58. The van der Waals surface area contributed by atoms with E-state index in [1.807, 2.05) is 0 Å². The van der Waals surface area contributed by atoms with Gasteiger partial charge in [0.2, 0.25) is 0 Å². The SMILES string of the molecule is Cc1cc(C(=O)NNC(=O)c2ccoc2)c(C)o1. The predicted molar refractivity (Wildman–Crippen MR) is 61.8 cm³/mol. The van der Waals surface area contributed by atoms with Crippen LogP contribution < -0.4 is 10.9 Å². The minimum absolute atomic E-state index is 0.329. The van der Waals surface area contributed by atoms with Crippen LogP contribution in [0.5, 0.6) is 0 Å². The van der Waals surface area contributed by atoms with E-state index in [0.717, 1.165) is 0 Å². The maximum Gasteiger partial charge on any atom is 0.273 e. The molecule has 2 aromatic rings. The number of amides is 2. The first kappa shape index (κ1) is 12.0. The summed E-state index contributed by atoms with van der Waals surface area (Å²) in [6, 6.07) is 3.10. The highest BCUT2D eigenvalue weighted by molar-refractivity contribution is 5.99. The zero-order valence-corrected chi connectivity index (χ0v) is 9.94. The van der Waals surface area contributed by atoms with Crippen LogP contribution in [-0.2, 0) is 0 Å². The number of aryl methyl sites for hydroxylation is 2. The standard InChI is InChI=1S/C12H12N2O4/c1-7-5-10(8(2)18-7)12(16)14-13-11(15)9-3-4-17-6-9/h3-6H,1-2H3,(H,13,15)(H,14,16). The number of rotatable bonds is 2. The van der Waals surface area contributed by atoms with Gasteiger partial charge in [0, 0.05) is 0 Å². The third-order valence-corrected chi connectivity index (χ3v) is 2.36. The molecule has 2 N–H and O–H groups in total. The molecule has 2 aromatic heterocycles. The Kier molecular flexibility index (Phi) is 3.18. The van der Waals surface area contributed by atoms with E-state index in [1.54, 1.807) is 19.9 Å². The van der Waals surface area contributed by atoms with Gasteiger partial charge < -0.3 is 8.83 Å². The molecule has 0 saturated heterocycles. The van der Waals surface area contributed by atoms with E-state index in [-0.39, 0.29) is 0 Å². The largest absolute Gasteiger partial charge is 0.472 e. The minimum atomic E-state index is -0.449. The average Bonchev–Trinajstić information content (AvgIpc) is 2.95. The summed E-state index contributed by atoms with van der Waals surface area (Å²) in [5, 5.41) is 0. The summed E-state index contributed by atoms with van der Waals surface area (Å²) in [4.78, 5) is 23.3. The van der Waals surface area contributed by atoms with Crippen molar-refractivity contribution in [1.82, 2.24) is 10.9 Å². The van der Waals surface area contributed by atoms with Crippen molar-refractivity contribution in [2.24, 2.45) is 0 Å². The zero-order valence-electron chi connectivity index (χ0n) is 9.94. The number of hydrogen-bond acceptors (Lipinski definition) is 4. The van der Waals surface area contributed by atoms with E-state index in [9.17, 15) is 9.59 Å². The lowest BCUT2D eigenvalue weighted by Crippen LogP contribution is -2.41. The molecule has 6 nitrogen and oxygen atoms in total. The second-order valence-electron chi connectivity index (χ2n) is 3.75. The maximum atomic E-state index is 11.7. The highest BCUT2D eigenvalue weighted by Crippen LogP contribution is 2.12. The topological polar surface area (TPSA) is 84.5 Å². The van der Waals surface area contributed by atoms with E-state index in [0.29, 0.717) is 22.6 Å². The zero-order chi connectivity index (χ0) is 13.1. The van der Waals surface area contributed by atoms with Crippen molar-refractivity contribution in [3.05, 3.63) is 47.3 Å². The number of hydrazine groups is 1. The molecule has 18 heavy (non-hydrogen) atoms. The molecule has 6 heteroatoms. The number of nitrogens with one attached hydrogen (secondary N) is 2. The van der Waals surface area contributed by atoms with Gasteiger partial charge in [0.15, 0.2) is 0 Å². The Bertz CT molecular complexity index is 569. The van der Waals surface area contributed by atoms with Crippen molar-refractivity contribution in [3.8, 4) is 0 Å².